The second-order valence-electron chi connectivity index (χ2n) is 10.3. The van der Waals surface area contributed by atoms with E-state index in [1.54, 1.807) is 48.5 Å². The van der Waals surface area contributed by atoms with Gasteiger partial charge < -0.3 is 14.3 Å². The van der Waals surface area contributed by atoms with E-state index in [0.29, 0.717) is 39.6 Å². The van der Waals surface area contributed by atoms with Gasteiger partial charge in [-0.1, -0.05) is 62.7 Å². The smallest absolute Gasteiger partial charge is 0.294 e. The topological polar surface area (TPSA) is 80.0 Å². The molecule has 38 heavy (non-hydrogen) atoms. The first-order valence-corrected chi connectivity index (χ1v) is 12.8. The van der Waals surface area contributed by atoms with Crippen molar-refractivity contribution in [1.29, 1.82) is 0 Å². The van der Waals surface area contributed by atoms with Gasteiger partial charge in [-0.3, -0.25) is 14.5 Å². The minimum absolute atomic E-state index is 0.0119. The molecular formula is C31H28ClNO5. The van der Waals surface area contributed by atoms with Crippen molar-refractivity contribution in [3.63, 3.8) is 0 Å². The molecular weight excluding hydrogens is 502 g/mol. The summed E-state index contributed by atoms with van der Waals surface area (Å²) in [5.41, 5.74) is 2.63. The van der Waals surface area contributed by atoms with E-state index in [1.807, 2.05) is 31.2 Å². The minimum atomic E-state index is -0.877. The quantitative estimate of drug-likeness (QED) is 0.261. The third-order valence-electron chi connectivity index (χ3n) is 6.65. The number of nitrogens with zero attached hydrogens (tertiary/aromatic N) is 1. The van der Waals surface area contributed by atoms with Gasteiger partial charge in [-0.25, -0.2) is 0 Å². The Bertz CT molecular complexity index is 1580. The van der Waals surface area contributed by atoms with Gasteiger partial charge in [0.25, 0.3) is 5.91 Å². The maximum absolute atomic E-state index is 13.9. The number of ether oxygens (including phenoxy) is 1. The highest BCUT2D eigenvalue weighted by Gasteiger charge is 2.45. The van der Waals surface area contributed by atoms with E-state index >= 15 is 0 Å². The summed E-state index contributed by atoms with van der Waals surface area (Å²) < 4.78 is 11.5. The SMILES string of the molecule is CCOc1cccc(N2C(=O)C(O)=C(C(=O)c3cc4cc(Cl)ccc4o3)C2c2ccc(C(C)(C)C)cc2)c1. The summed E-state index contributed by atoms with van der Waals surface area (Å²) in [7, 11) is 0. The van der Waals surface area contributed by atoms with Crippen LogP contribution in [-0.2, 0) is 10.2 Å². The van der Waals surface area contributed by atoms with Gasteiger partial charge in [-0.15, -0.1) is 0 Å². The number of Topliss-reactive ketones (excluding diaryl/α,β-unsaturated/α-hetero) is 1. The molecule has 6 nitrogen and oxygen atoms in total. The lowest BCUT2D eigenvalue weighted by Crippen LogP contribution is -2.31. The van der Waals surface area contributed by atoms with E-state index in [1.165, 1.54) is 4.90 Å². The fraction of sp³-hybridized carbons (Fsp3) is 0.226. The maximum Gasteiger partial charge on any atom is 0.294 e. The van der Waals surface area contributed by atoms with Gasteiger partial charge in [0.15, 0.2) is 11.5 Å². The lowest BCUT2D eigenvalue weighted by Gasteiger charge is -2.28. The molecule has 1 aromatic heterocycles. The predicted octanol–water partition coefficient (Wildman–Crippen LogP) is 7.57. The van der Waals surface area contributed by atoms with Gasteiger partial charge in [-0.05, 0) is 59.9 Å². The zero-order valence-electron chi connectivity index (χ0n) is 21.6. The molecule has 0 bridgehead atoms. The number of benzene rings is 3. The van der Waals surface area contributed by atoms with Crippen LogP contribution in [0.15, 0.2) is 88.5 Å². The Morgan fingerprint density at radius 2 is 1.79 bits per heavy atom. The van der Waals surface area contributed by atoms with E-state index in [-0.39, 0.29) is 16.7 Å². The molecule has 1 N–H and O–H groups in total. The molecule has 0 aliphatic carbocycles. The molecule has 1 aliphatic heterocycles. The van der Waals surface area contributed by atoms with Gasteiger partial charge in [0.05, 0.1) is 18.2 Å². The third-order valence-corrected chi connectivity index (χ3v) is 6.89. The molecule has 1 aliphatic rings. The fourth-order valence-corrected chi connectivity index (χ4v) is 4.91. The Balaban J connectivity index is 1.64. The van der Waals surface area contributed by atoms with Gasteiger partial charge >= 0.3 is 0 Å². The number of ketones is 1. The van der Waals surface area contributed by atoms with Crippen molar-refractivity contribution in [2.24, 2.45) is 0 Å². The summed E-state index contributed by atoms with van der Waals surface area (Å²) in [6.45, 7) is 8.67. The van der Waals surface area contributed by atoms with Crippen molar-refractivity contribution in [3.05, 3.63) is 106 Å². The number of aliphatic hydroxyl groups is 1. The average molecular weight is 530 g/mol. The normalized spacial score (nSPS) is 16.0. The molecule has 194 valence electrons. The summed E-state index contributed by atoms with van der Waals surface area (Å²) in [6, 6.07) is 20.5. The number of rotatable bonds is 6. The van der Waals surface area contributed by atoms with Crippen LogP contribution in [0.4, 0.5) is 5.69 Å². The molecule has 1 amide bonds. The number of hydrogen-bond acceptors (Lipinski definition) is 5. The van der Waals surface area contributed by atoms with Crippen molar-refractivity contribution in [1.82, 2.24) is 0 Å². The molecule has 0 radical (unpaired) electrons. The predicted molar refractivity (Wildman–Crippen MR) is 148 cm³/mol. The van der Waals surface area contributed by atoms with E-state index in [4.69, 9.17) is 20.8 Å². The van der Waals surface area contributed by atoms with E-state index in [9.17, 15) is 14.7 Å². The van der Waals surface area contributed by atoms with Crippen LogP contribution in [0, 0.1) is 0 Å². The number of hydrogen-bond donors (Lipinski definition) is 1. The highest BCUT2D eigenvalue weighted by molar-refractivity contribution is 6.31. The highest BCUT2D eigenvalue weighted by atomic mass is 35.5. The number of anilines is 1. The Morgan fingerprint density at radius 1 is 1.05 bits per heavy atom. The van der Waals surface area contributed by atoms with Crippen LogP contribution in [0.3, 0.4) is 0 Å². The number of halogens is 1. The lowest BCUT2D eigenvalue weighted by molar-refractivity contribution is -0.117. The van der Waals surface area contributed by atoms with Crippen molar-refractivity contribution in [2.75, 3.05) is 11.5 Å². The number of aliphatic hydroxyl groups excluding tert-OH is 1. The molecule has 2 heterocycles. The number of carbonyl (C=O) groups is 2. The first kappa shape index (κ1) is 25.6. The number of carbonyl (C=O) groups excluding carboxylic acids is 2. The highest BCUT2D eigenvalue weighted by Crippen LogP contribution is 2.43. The molecule has 1 unspecified atom stereocenters. The summed E-state index contributed by atoms with van der Waals surface area (Å²) in [5.74, 6) is -1.27. The van der Waals surface area contributed by atoms with E-state index in [0.717, 1.165) is 5.56 Å². The molecule has 1 atom stereocenters. The summed E-state index contributed by atoms with van der Waals surface area (Å²) in [5, 5.41) is 12.3. The van der Waals surface area contributed by atoms with Crippen molar-refractivity contribution in [2.45, 2.75) is 39.2 Å². The van der Waals surface area contributed by atoms with Crippen LogP contribution in [-0.4, -0.2) is 23.4 Å². The van der Waals surface area contributed by atoms with Crippen LogP contribution >= 0.6 is 11.6 Å². The van der Waals surface area contributed by atoms with E-state index in [2.05, 4.69) is 20.8 Å². The molecule has 7 heteroatoms. The average Bonchev–Trinajstić information content (AvgIpc) is 3.42. The lowest BCUT2D eigenvalue weighted by atomic mass is 9.85. The Kier molecular flexibility index (Phi) is 6.53. The van der Waals surface area contributed by atoms with Crippen LogP contribution in [0.25, 0.3) is 11.0 Å². The van der Waals surface area contributed by atoms with Gasteiger partial charge in [-0.2, -0.15) is 0 Å². The summed E-state index contributed by atoms with van der Waals surface area (Å²) >= 11 is 6.11. The third kappa shape index (κ3) is 4.56. The summed E-state index contributed by atoms with van der Waals surface area (Å²) in [4.78, 5) is 28.8. The molecule has 4 aromatic rings. The Hall–Kier alpha value is -4.03. The zero-order valence-corrected chi connectivity index (χ0v) is 22.4. The zero-order chi connectivity index (χ0) is 27.2. The Labute approximate surface area is 226 Å². The number of furan rings is 1. The van der Waals surface area contributed by atoms with Crippen molar-refractivity contribution >= 4 is 39.9 Å². The maximum atomic E-state index is 13.9. The van der Waals surface area contributed by atoms with Gasteiger partial charge in [0.2, 0.25) is 5.78 Å². The fourth-order valence-electron chi connectivity index (χ4n) is 4.73. The monoisotopic (exact) mass is 529 g/mol. The largest absolute Gasteiger partial charge is 0.503 e. The van der Waals surface area contributed by atoms with Crippen LogP contribution in [0.1, 0.15) is 55.4 Å². The molecule has 3 aromatic carbocycles. The van der Waals surface area contributed by atoms with Crippen molar-refractivity contribution in [3.8, 4) is 5.75 Å². The first-order chi connectivity index (χ1) is 18.1. The second-order valence-corrected chi connectivity index (χ2v) is 10.7. The first-order valence-electron chi connectivity index (χ1n) is 12.4. The standard InChI is InChI=1S/C31H28ClNO5/c1-5-37-23-8-6-7-22(17-23)33-27(18-9-11-20(12-10-18)31(2,3)4)26(29(35)30(33)36)28(34)25-16-19-15-21(32)13-14-24(19)38-25/h6-17,27,35H,5H2,1-4H3. The Morgan fingerprint density at radius 3 is 2.47 bits per heavy atom. The van der Waals surface area contributed by atoms with Crippen LogP contribution in [0.5, 0.6) is 5.75 Å². The molecule has 0 fully saturated rings. The molecule has 5 rings (SSSR count). The van der Waals surface area contributed by atoms with Gasteiger partial charge in [0.1, 0.15) is 11.3 Å². The number of fused-ring (bicyclic) bond motifs is 1. The van der Waals surface area contributed by atoms with E-state index < -0.39 is 23.5 Å². The van der Waals surface area contributed by atoms with Crippen LogP contribution < -0.4 is 9.64 Å². The number of amides is 1. The van der Waals surface area contributed by atoms with Crippen LogP contribution in [0.2, 0.25) is 5.02 Å². The molecule has 0 spiro atoms. The van der Waals surface area contributed by atoms with Gasteiger partial charge in [0, 0.05) is 22.2 Å². The summed E-state index contributed by atoms with van der Waals surface area (Å²) in [6.07, 6.45) is 0. The van der Waals surface area contributed by atoms with Crippen molar-refractivity contribution < 1.29 is 23.8 Å². The minimum Gasteiger partial charge on any atom is -0.503 e. The molecule has 0 saturated carbocycles. The molecule has 0 saturated heterocycles. The second kappa shape index (κ2) is 9.69.